The Morgan fingerprint density at radius 2 is 2.13 bits per heavy atom. The van der Waals surface area contributed by atoms with Crippen LogP contribution in [-0.2, 0) is 4.74 Å². The Kier molecular flexibility index (Phi) is 4.56. The van der Waals surface area contributed by atoms with E-state index in [0.29, 0.717) is 6.54 Å². The van der Waals surface area contributed by atoms with Gasteiger partial charge < -0.3 is 15.8 Å². The topological polar surface area (TPSA) is 47.3 Å². The van der Waals surface area contributed by atoms with Crippen LogP contribution in [0.5, 0.6) is 0 Å². The maximum Gasteiger partial charge on any atom is 0.0670 e. The summed E-state index contributed by atoms with van der Waals surface area (Å²) in [4.78, 5) is 0. The van der Waals surface area contributed by atoms with Crippen molar-refractivity contribution in [2.75, 3.05) is 19.7 Å². The van der Waals surface area contributed by atoms with E-state index in [1.807, 2.05) is 0 Å². The lowest BCUT2D eigenvalue weighted by Gasteiger charge is -2.46. The minimum Gasteiger partial charge on any atom is -0.375 e. The summed E-state index contributed by atoms with van der Waals surface area (Å²) < 4.78 is 5.86. The second-order valence-corrected chi connectivity index (χ2v) is 4.99. The number of nitrogens with one attached hydrogen (secondary N) is 1. The standard InChI is InChI=1S/C12H26N2O/c1-4-7-14-12(10-13)6-8-15-11(3,5-2)9-12/h14H,4-10,13H2,1-3H3. The Balaban J connectivity index is 2.63. The maximum atomic E-state index is 5.94. The smallest absolute Gasteiger partial charge is 0.0670 e. The molecule has 1 rings (SSSR count). The largest absolute Gasteiger partial charge is 0.375 e. The first kappa shape index (κ1) is 12.9. The zero-order valence-corrected chi connectivity index (χ0v) is 10.4. The van der Waals surface area contributed by atoms with E-state index in [1.54, 1.807) is 0 Å². The summed E-state index contributed by atoms with van der Waals surface area (Å²) in [5.74, 6) is 0. The summed E-state index contributed by atoms with van der Waals surface area (Å²) in [7, 11) is 0. The van der Waals surface area contributed by atoms with Crippen molar-refractivity contribution in [3.8, 4) is 0 Å². The summed E-state index contributed by atoms with van der Waals surface area (Å²) in [6, 6.07) is 0. The molecule has 0 radical (unpaired) electrons. The average Bonchev–Trinajstić information content (AvgIpc) is 2.27. The molecular weight excluding hydrogens is 188 g/mol. The lowest BCUT2D eigenvalue weighted by molar-refractivity contribution is -0.0993. The van der Waals surface area contributed by atoms with Crippen LogP contribution in [0.15, 0.2) is 0 Å². The van der Waals surface area contributed by atoms with E-state index in [9.17, 15) is 0 Å². The molecule has 0 aliphatic carbocycles. The van der Waals surface area contributed by atoms with E-state index in [2.05, 4.69) is 26.1 Å². The minimum atomic E-state index is 0.0123. The predicted octanol–water partition coefficient (Wildman–Crippen LogP) is 1.66. The normalized spacial score (nSPS) is 36.8. The van der Waals surface area contributed by atoms with Crippen molar-refractivity contribution in [2.24, 2.45) is 5.73 Å². The van der Waals surface area contributed by atoms with Gasteiger partial charge in [-0.2, -0.15) is 0 Å². The van der Waals surface area contributed by atoms with Crippen molar-refractivity contribution in [1.82, 2.24) is 5.32 Å². The van der Waals surface area contributed by atoms with Gasteiger partial charge in [0.15, 0.2) is 0 Å². The lowest BCUT2D eigenvalue weighted by Crippen LogP contribution is -2.59. The van der Waals surface area contributed by atoms with Gasteiger partial charge in [0.2, 0.25) is 0 Å². The molecular formula is C12H26N2O. The van der Waals surface area contributed by atoms with E-state index < -0.39 is 0 Å². The van der Waals surface area contributed by atoms with Crippen molar-refractivity contribution in [2.45, 2.75) is 57.6 Å². The highest BCUT2D eigenvalue weighted by Crippen LogP contribution is 2.33. The van der Waals surface area contributed by atoms with E-state index in [1.165, 1.54) is 0 Å². The van der Waals surface area contributed by atoms with Crippen LogP contribution in [0.25, 0.3) is 0 Å². The van der Waals surface area contributed by atoms with Gasteiger partial charge in [0.05, 0.1) is 5.60 Å². The summed E-state index contributed by atoms with van der Waals surface area (Å²) in [6.07, 6.45) is 4.29. The maximum absolute atomic E-state index is 5.94. The van der Waals surface area contributed by atoms with Gasteiger partial charge in [-0.15, -0.1) is 0 Å². The summed E-state index contributed by atoms with van der Waals surface area (Å²) in [5, 5.41) is 3.62. The van der Waals surface area contributed by atoms with Crippen LogP contribution in [0, 0.1) is 0 Å². The summed E-state index contributed by atoms with van der Waals surface area (Å²) in [6.45, 7) is 9.17. The number of hydrogen-bond donors (Lipinski definition) is 2. The van der Waals surface area contributed by atoms with Gasteiger partial charge >= 0.3 is 0 Å². The summed E-state index contributed by atoms with van der Waals surface area (Å²) in [5.41, 5.74) is 6.06. The second-order valence-electron chi connectivity index (χ2n) is 4.99. The zero-order chi connectivity index (χ0) is 11.4. The Morgan fingerprint density at radius 3 is 2.67 bits per heavy atom. The third kappa shape index (κ3) is 3.16. The molecule has 0 aromatic heterocycles. The molecule has 0 amide bonds. The SMILES string of the molecule is CCCNC1(CN)CCOC(C)(CC)C1. The van der Waals surface area contributed by atoms with E-state index in [-0.39, 0.29) is 11.1 Å². The first-order valence-electron chi connectivity index (χ1n) is 6.19. The van der Waals surface area contributed by atoms with Crippen molar-refractivity contribution in [1.29, 1.82) is 0 Å². The summed E-state index contributed by atoms with van der Waals surface area (Å²) >= 11 is 0. The molecule has 3 nitrogen and oxygen atoms in total. The van der Waals surface area contributed by atoms with Crippen molar-refractivity contribution < 1.29 is 4.74 Å². The number of nitrogens with two attached hydrogens (primary N) is 1. The Hall–Kier alpha value is -0.120. The highest BCUT2D eigenvalue weighted by atomic mass is 16.5. The first-order chi connectivity index (χ1) is 7.10. The molecule has 2 unspecified atom stereocenters. The molecule has 1 saturated heterocycles. The van der Waals surface area contributed by atoms with Crippen LogP contribution in [0.2, 0.25) is 0 Å². The van der Waals surface area contributed by atoms with Crippen LogP contribution >= 0.6 is 0 Å². The minimum absolute atomic E-state index is 0.0123. The van der Waals surface area contributed by atoms with Crippen molar-refractivity contribution in [3.63, 3.8) is 0 Å². The number of ether oxygens (including phenoxy) is 1. The van der Waals surface area contributed by atoms with Gasteiger partial charge in [-0.1, -0.05) is 13.8 Å². The van der Waals surface area contributed by atoms with E-state index in [4.69, 9.17) is 10.5 Å². The fourth-order valence-corrected chi connectivity index (χ4v) is 2.36. The molecule has 0 spiro atoms. The van der Waals surface area contributed by atoms with Gasteiger partial charge in [-0.3, -0.25) is 0 Å². The molecule has 0 aromatic carbocycles. The number of hydrogen-bond acceptors (Lipinski definition) is 3. The van der Waals surface area contributed by atoms with Crippen LogP contribution in [0.4, 0.5) is 0 Å². The third-order valence-electron chi connectivity index (χ3n) is 3.63. The van der Waals surface area contributed by atoms with Gasteiger partial charge in [0.1, 0.15) is 0 Å². The zero-order valence-electron chi connectivity index (χ0n) is 10.4. The van der Waals surface area contributed by atoms with Crippen molar-refractivity contribution in [3.05, 3.63) is 0 Å². The van der Waals surface area contributed by atoms with Crippen LogP contribution in [0.1, 0.15) is 46.5 Å². The quantitative estimate of drug-likeness (QED) is 0.732. The van der Waals surface area contributed by atoms with Gasteiger partial charge in [0.25, 0.3) is 0 Å². The number of rotatable bonds is 5. The molecule has 3 N–H and O–H groups in total. The Bertz CT molecular complexity index is 198. The van der Waals surface area contributed by atoms with Crippen LogP contribution < -0.4 is 11.1 Å². The lowest BCUT2D eigenvalue weighted by atomic mass is 9.79. The van der Waals surface area contributed by atoms with E-state index >= 15 is 0 Å². The fourth-order valence-electron chi connectivity index (χ4n) is 2.36. The van der Waals surface area contributed by atoms with E-state index in [0.717, 1.165) is 38.8 Å². The molecule has 1 fully saturated rings. The molecule has 0 bridgehead atoms. The van der Waals surface area contributed by atoms with Gasteiger partial charge in [-0.25, -0.2) is 0 Å². The highest BCUT2D eigenvalue weighted by Gasteiger charge is 2.40. The first-order valence-corrected chi connectivity index (χ1v) is 6.19. The average molecular weight is 214 g/mol. The molecule has 90 valence electrons. The Labute approximate surface area is 93.8 Å². The van der Waals surface area contributed by atoms with Crippen LogP contribution in [-0.4, -0.2) is 30.8 Å². The monoisotopic (exact) mass is 214 g/mol. The molecule has 15 heavy (non-hydrogen) atoms. The van der Waals surface area contributed by atoms with Crippen molar-refractivity contribution >= 4 is 0 Å². The molecule has 1 heterocycles. The molecule has 0 aromatic rings. The highest BCUT2D eigenvalue weighted by molar-refractivity contribution is 4.98. The molecule has 3 heteroatoms. The molecule has 0 saturated carbocycles. The molecule has 1 aliphatic heterocycles. The predicted molar refractivity (Wildman–Crippen MR) is 64.0 cm³/mol. The second kappa shape index (κ2) is 5.28. The third-order valence-corrected chi connectivity index (χ3v) is 3.63. The fraction of sp³-hybridized carbons (Fsp3) is 1.00. The molecule has 2 atom stereocenters. The van der Waals surface area contributed by atoms with Gasteiger partial charge in [-0.05, 0) is 39.2 Å². The van der Waals surface area contributed by atoms with Crippen LogP contribution in [0.3, 0.4) is 0 Å². The van der Waals surface area contributed by atoms with Gasteiger partial charge in [0, 0.05) is 18.7 Å². The molecule has 1 aliphatic rings. The Morgan fingerprint density at radius 1 is 1.40 bits per heavy atom.